The molecule has 0 saturated carbocycles. The van der Waals surface area contributed by atoms with Gasteiger partial charge in [0.05, 0.1) is 23.2 Å². The summed E-state index contributed by atoms with van der Waals surface area (Å²) in [6.45, 7) is 5.66. The Labute approximate surface area is 200 Å². The van der Waals surface area contributed by atoms with Crippen molar-refractivity contribution in [3.63, 3.8) is 0 Å². The molecule has 0 bridgehead atoms. The highest BCUT2D eigenvalue weighted by Gasteiger charge is 2.34. The summed E-state index contributed by atoms with van der Waals surface area (Å²) in [5.74, 6) is -2.52. The van der Waals surface area contributed by atoms with Crippen molar-refractivity contribution in [2.24, 2.45) is 0 Å². The third-order valence-electron chi connectivity index (χ3n) is 6.10. The van der Waals surface area contributed by atoms with Crippen LogP contribution in [-0.4, -0.2) is 69.7 Å². The van der Waals surface area contributed by atoms with E-state index < -0.39 is 11.8 Å². The molecule has 0 aliphatic carbocycles. The minimum Gasteiger partial charge on any atom is -0.463 e. The van der Waals surface area contributed by atoms with Crippen LogP contribution in [0.3, 0.4) is 0 Å². The molecule has 178 valence electrons. The molecule has 2 atom stereocenters. The lowest BCUT2D eigenvalue weighted by atomic mass is 10.1. The number of ether oxygens (including phenoxy) is 1. The number of rotatable bonds is 5. The van der Waals surface area contributed by atoms with Crippen molar-refractivity contribution >= 4 is 40.3 Å². The summed E-state index contributed by atoms with van der Waals surface area (Å²) in [7, 11) is 1.12. The van der Waals surface area contributed by atoms with Crippen molar-refractivity contribution in [1.82, 2.24) is 19.8 Å². The van der Waals surface area contributed by atoms with Gasteiger partial charge in [-0.2, -0.15) is 0 Å². The summed E-state index contributed by atoms with van der Waals surface area (Å²) in [6, 6.07) is 7.81. The normalized spacial score (nSPS) is 18.8. The number of Topliss-reactive ketones (excluding diaryl/α,β-unsaturated/α-hetero) is 1. The Hall–Kier alpha value is -3.30. The summed E-state index contributed by atoms with van der Waals surface area (Å²) < 4.78 is 17.7. The van der Waals surface area contributed by atoms with Gasteiger partial charge in [0.2, 0.25) is 0 Å². The first-order valence-electron chi connectivity index (χ1n) is 10.8. The third kappa shape index (κ3) is 4.53. The van der Waals surface area contributed by atoms with Crippen LogP contribution in [-0.2, 0) is 16.1 Å². The summed E-state index contributed by atoms with van der Waals surface area (Å²) in [5, 5.41) is 0.144. The Morgan fingerprint density at radius 3 is 2.56 bits per heavy atom. The quantitative estimate of drug-likeness (QED) is 0.337. The Balaban J connectivity index is 1.57. The van der Waals surface area contributed by atoms with Crippen molar-refractivity contribution < 1.29 is 23.5 Å². The number of nitrogens with zero attached hydrogens (tertiary/aromatic N) is 3. The van der Waals surface area contributed by atoms with Gasteiger partial charge in [0.15, 0.2) is 0 Å². The Kier molecular flexibility index (Phi) is 6.67. The highest BCUT2D eigenvalue weighted by molar-refractivity contribution is 6.43. The molecule has 34 heavy (non-hydrogen) atoms. The molecule has 0 unspecified atom stereocenters. The summed E-state index contributed by atoms with van der Waals surface area (Å²) in [6.07, 6.45) is 1.35. The number of hydrogen-bond donors (Lipinski definition) is 1. The van der Waals surface area contributed by atoms with E-state index in [-0.39, 0.29) is 45.6 Å². The van der Waals surface area contributed by atoms with Gasteiger partial charge in [-0.3, -0.25) is 14.5 Å². The lowest BCUT2D eigenvalue weighted by molar-refractivity contribution is -0.135. The largest absolute Gasteiger partial charge is 0.463 e. The molecule has 2 aromatic heterocycles. The third-order valence-corrected chi connectivity index (χ3v) is 6.38. The Bertz CT molecular complexity index is 1260. The van der Waals surface area contributed by atoms with Crippen LogP contribution < -0.4 is 0 Å². The van der Waals surface area contributed by atoms with Gasteiger partial charge in [-0.1, -0.05) is 23.7 Å². The SMILES string of the molecule is COC(=O)C(=O)c1c[nH]c2cc(Cl)c(C(=O)N3C[C@H](C)N(Cc4ccc(F)cc4)C[C@H]3C)nc12. The molecule has 1 aliphatic rings. The zero-order valence-corrected chi connectivity index (χ0v) is 19.7. The number of hydrogen-bond acceptors (Lipinski definition) is 6. The monoisotopic (exact) mass is 486 g/mol. The number of H-pyrrole nitrogens is 1. The second kappa shape index (κ2) is 9.52. The molecule has 1 aromatic carbocycles. The highest BCUT2D eigenvalue weighted by atomic mass is 35.5. The van der Waals surface area contributed by atoms with Gasteiger partial charge in [0.1, 0.15) is 17.0 Å². The first-order valence-corrected chi connectivity index (χ1v) is 11.2. The lowest BCUT2D eigenvalue weighted by Gasteiger charge is -2.44. The van der Waals surface area contributed by atoms with Crippen LogP contribution in [0.15, 0.2) is 36.5 Å². The minimum absolute atomic E-state index is 0.0121. The molecule has 4 rings (SSSR count). The van der Waals surface area contributed by atoms with Crippen molar-refractivity contribution in [2.75, 3.05) is 20.2 Å². The van der Waals surface area contributed by atoms with Crippen molar-refractivity contribution in [2.45, 2.75) is 32.5 Å². The van der Waals surface area contributed by atoms with E-state index in [1.165, 1.54) is 24.4 Å². The van der Waals surface area contributed by atoms with E-state index in [4.69, 9.17) is 11.6 Å². The molecule has 8 nitrogen and oxygen atoms in total. The van der Waals surface area contributed by atoms with Crippen LogP contribution in [0.25, 0.3) is 11.0 Å². The average Bonchev–Trinajstić information content (AvgIpc) is 3.23. The first kappa shape index (κ1) is 23.8. The van der Waals surface area contributed by atoms with Gasteiger partial charge < -0.3 is 14.6 Å². The summed E-state index contributed by atoms with van der Waals surface area (Å²) in [4.78, 5) is 48.6. The topological polar surface area (TPSA) is 95.6 Å². The molecular weight excluding hydrogens is 463 g/mol. The van der Waals surface area contributed by atoms with Crippen LogP contribution >= 0.6 is 11.6 Å². The van der Waals surface area contributed by atoms with Crippen LogP contribution in [0.2, 0.25) is 5.02 Å². The number of carbonyl (C=O) groups is 3. The number of benzene rings is 1. The number of esters is 1. The van der Waals surface area contributed by atoms with Gasteiger partial charge in [-0.05, 0) is 37.6 Å². The molecule has 0 spiro atoms. The van der Waals surface area contributed by atoms with E-state index in [1.54, 1.807) is 17.0 Å². The molecule has 10 heteroatoms. The smallest absolute Gasteiger partial charge is 0.379 e. The molecule has 1 amide bonds. The number of piperazine rings is 1. The number of halogens is 2. The molecule has 1 aliphatic heterocycles. The number of fused-ring (bicyclic) bond motifs is 1. The number of methoxy groups -OCH3 is 1. The standard InChI is InChI=1S/C24H24ClFN4O4/c1-13-11-30(14(2)10-29(13)12-15-4-6-16(26)7-5-15)23(32)21-18(25)8-19-20(28-21)17(9-27-19)22(31)24(33)34-3/h4-9,13-14,27H,10-12H2,1-3H3/t13-,14+/m0/s1. The lowest BCUT2D eigenvalue weighted by Crippen LogP contribution is -2.57. The molecular formula is C24H24ClFN4O4. The maximum Gasteiger partial charge on any atom is 0.379 e. The fraction of sp³-hybridized carbons (Fsp3) is 0.333. The van der Waals surface area contributed by atoms with Gasteiger partial charge in [0.25, 0.3) is 11.7 Å². The number of aromatic nitrogens is 2. The van der Waals surface area contributed by atoms with E-state index in [0.717, 1.165) is 12.7 Å². The second-order valence-corrected chi connectivity index (χ2v) is 8.86. The van der Waals surface area contributed by atoms with Crippen LogP contribution in [0, 0.1) is 5.82 Å². The summed E-state index contributed by atoms with van der Waals surface area (Å²) >= 11 is 6.38. The van der Waals surface area contributed by atoms with Crippen LogP contribution in [0.5, 0.6) is 0 Å². The average molecular weight is 487 g/mol. The van der Waals surface area contributed by atoms with Gasteiger partial charge in [-0.25, -0.2) is 14.2 Å². The van der Waals surface area contributed by atoms with E-state index in [2.05, 4.69) is 19.6 Å². The van der Waals surface area contributed by atoms with Crippen LogP contribution in [0.1, 0.15) is 40.3 Å². The van der Waals surface area contributed by atoms with E-state index in [1.807, 2.05) is 13.8 Å². The van der Waals surface area contributed by atoms with Crippen LogP contribution in [0.4, 0.5) is 4.39 Å². The molecule has 0 radical (unpaired) electrons. The van der Waals surface area contributed by atoms with Crippen molar-refractivity contribution in [3.8, 4) is 0 Å². The number of ketones is 1. The van der Waals surface area contributed by atoms with E-state index in [9.17, 15) is 18.8 Å². The molecule has 1 saturated heterocycles. The maximum atomic E-state index is 13.4. The Morgan fingerprint density at radius 1 is 1.18 bits per heavy atom. The molecule has 3 aromatic rings. The molecule has 3 heterocycles. The van der Waals surface area contributed by atoms with Crippen molar-refractivity contribution in [1.29, 1.82) is 0 Å². The zero-order valence-electron chi connectivity index (χ0n) is 19.0. The zero-order chi connectivity index (χ0) is 24.6. The number of carbonyl (C=O) groups excluding carboxylic acids is 3. The molecule has 1 fully saturated rings. The van der Waals surface area contributed by atoms with E-state index in [0.29, 0.717) is 25.2 Å². The van der Waals surface area contributed by atoms with Gasteiger partial charge in [-0.15, -0.1) is 0 Å². The number of nitrogens with one attached hydrogen (secondary N) is 1. The number of aromatic amines is 1. The Morgan fingerprint density at radius 2 is 1.88 bits per heavy atom. The molecule has 1 N–H and O–H groups in total. The number of pyridine rings is 1. The van der Waals surface area contributed by atoms with Crippen molar-refractivity contribution in [3.05, 3.63) is 64.2 Å². The summed E-state index contributed by atoms with van der Waals surface area (Å²) in [5.41, 5.74) is 1.63. The fourth-order valence-corrected chi connectivity index (χ4v) is 4.44. The fourth-order valence-electron chi connectivity index (χ4n) is 4.21. The second-order valence-electron chi connectivity index (χ2n) is 8.45. The van der Waals surface area contributed by atoms with Gasteiger partial charge >= 0.3 is 5.97 Å². The first-order chi connectivity index (χ1) is 16.2. The predicted molar refractivity (Wildman–Crippen MR) is 124 cm³/mol. The maximum absolute atomic E-state index is 13.4. The minimum atomic E-state index is -1.02. The van der Waals surface area contributed by atoms with Gasteiger partial charge in [0, 0.05) is 37.9 Å². The van der Waals surface area contributed by atoms with E-state index >= 15 is 0 Å². The predicted octanol–water partition coefficient (Wildman–Crippen LogP) is 3.45. The number of amides is 1. The highest BCUT2D eigenvalue weighted by Crippen LogP contribution is 2.27.